The molecular formula is C6H8O4. The van der Waals surface area contributed by atoms with Crippen molar-refractivity contribution in [2.75, 3.05) is 0 Å². The third-order valence-electron chi connectivity index (χ3n) is 0.917. The molecule has 4 heteroatoms. The summed E-state index contributed by atoms with van der Waals surface area (Å²) in [7, 11) is 0. The fourth-order valence-electron chi connectivity index (χ4n) is 0.463. The summed E-state index contributed by atoms with van der Waals surface area (Å²) < 4.78 is 0. The molecule has 0 aliphatic heterocycles. The largest absolute Gasteiger partial charge is 0.480 e. The molecule has 56 valence electrons. The molecule has 0 amide bonds. The molecule has 0 spiro atoms. The van der Waals surface area contributed by atoms with Crippen LogP contribution in [0.25, 0.3) is 0 Å². The molecule has 0 aliphatic rings. The van der Waals surface area contributed by atoms with Gasteiger partial charge in [-0.2, -0.15) is 0 Å². The van der Waals surface area contributed by atoms with Crippen LogP contribution in [0.1, 0.15) is 6.92 Å². The van der Waals surface area contributed by atoms with E-state index in [-0.39, 0.29) is 0 Å². The summed E-state index contributed by atoms with van der Waals surface area (Å²) in [6.45, 7) is 1.57. The van der Waals surface area contributed by atoms with E-state index in [0.29, 0.717) is 0 Å². The lowest BCUT2D eigenvalue weighted by Crippen LogP contribution is -2.20. The Hall–Kier alpha value is -1.32. The average molecular weight is 144 g/mol. The van der Waals surface area contributed by atoms with E-state index in [1.807, 2.05) is 0 Å². The van der Waals surface area contributed by atoms with Crippen LogP contribution < -0.4 is 0 Å². The van der Waals surface area contributed by atoms with Gasteiger partial charge in [-0.05, 0) is 6.92 Å². The van der Waals surface area contributed by atoms with Gasteiger partial charge in [0.25, 0.3) is 0 Å². The minimum Gasteiger partial charge on any atom is -0.480 e. The second-order valence-electron chi connectivity index (χ2n) is 1.68. The van der Waals surface area contributed by atoms with Gasteiger partial charge in [0.2, 0.25) is 0 Å². The van der Waals surface area contributed by atoms with Crippen LogP contribution in [0.15, 0.2) is 12.2 Å². The van der Waals surface area contributed by atoms with E-state index in [1.165, 1.54) is 6.08 Å². The van der Waals surface area contributed by atoms with Crippen LogP contribution >= 0.6 is 0 Å². The third kappa shape index (κ3) is 2.30. The van der Waals surface area contributed by atoms with Gasteiger partial charge in [-0.15, -0.1) is 0 Å². The number of hydrogen-bond acceptors (Lipinski definition) is 2. The first-order valence-electron chi connectivity index (χ1n) is 2.68. The maximum Gasteiger partial charge on any atom is 0.321 e. The predicted molar refractivity (Wildman–Crippen MR) is 33.6 cm³/mol. The molecule has 0 radical (unpaired) electrons. The second kappa shape index (κ2) is 3.66. The molecule has 0 heterocycles. The Bertz CT molecular complexity index is 157. The molecular weight excluding hydrogens is 136 g/mol. The predicted octanol–water partition coefficient (Wildman–Crippen LogP) is 0.348. The van der Waals surface area contributed by atoms with Crippen molar-refractivity contribution in [2.45, 2.75) is 6.92 Å². The van der Waals surface area contributed by atoms with Crippen molar-refractivity contribution in [3.8, 4) is 0 Å². The van der Waals surface area contributed by atoms with Crippen molar-refractivity contribution in [1.82, 2.24) is 0 Å². The van der Waals surface area contributed by atoms with Crippen LogP contribution in [0.3, 0.4) is 0 Å². The monoisotopic (exact) mass is 144 g/mol. The molecule has 2 N–H and O–H groups in total. The van der Waals surface area contributed by atoms with Crippen molar-refractivity contribution in [2.24, 2.45) is 5.92 Å². The summed E-state index contributed by atoms with van der Waals surface area (Å²) in [5.74, 6) is -4.10. The lowest BCUT2D eigenvalue weighted by atomic mass is 10.1. The third-order valence-corrected chi connectivity index (χ3v) is 0.917. The first kappa shape index (κ1) is 8.68. The molecule has 0 atom stereocenters. The first-order valence-corrected chi connectivity index (χ1v) is 2.68. The minimum absolute atomic E-state index is 1.12. The summed E-state index contributed by atoms with van der Waals surface area (Å²) in [5, 5.41) is 16.5. The molecule has 0 aromatic carbocycles. The van der Waals surface area contributed by atoms with Crippen molar-refractivity contribution >= 4 is 11.9 Å². The fraction of sp³-hybridized carbons (Fsp3) is 0.333. The Kier molecular flexibility index (Phi) is 3.17. The van der Waals surface area contributed by atoms with Crippen LogP contribution in [-0.2, 0) is 9.59 Å². The Labute approximate surface area is 57.8 Å². The average Bonchev–Trinajstić information content (AvgIpc) is 1.81. The van der Waals surface area contributed by atoms with Gasteiger partial charge in [0, 0.05) is 0 Å². The van der Waals surface area contributed by atoms with Crippen molar-refractivity contribution in [1.29, 1.82) is 0 Å². The number of hydrogen-bond donors (Lipinski definition) is 2. The van der Waals surface area contributed by atoms with Gasteiger partial charge in [0.1, 0.15) is 0 Å². The Balaban J connectivity index is 4.27. The highest BCUT2D eigenvalue weighted by molar-refractivity contribution is 5.94. The molecule has 0 bridgehead atoms. The maximum atomic E-state index is 10.1. The highest BCUT2D eigenvalue weighted by Gasteiger charge is 2.21. The van der Waals surface area contributed by atoms with Gasteiger partial charge >= 0.3 is 11.9 Å². The number of rotatable bonds is 3. The lowest BCUT2D eigenvalue weighted by molar-refractivity contribution is -0.151. The molecule has 0 aliphatic carbocycles. The Morgan fingerprint density at radius 1 is 1.30 bits per heavy atom. The number of aliphatic carboxylic acids is 2. The van der Waals surface area contributed by atoms with Gasteiger partial charge in [0.05, 0.1) is 0 Å². The minimum atomic E-state index is -1.41. The van der Waals surface area contributed by atoms with E-state index >= 15 is 0 Å². The molecule has 0 fully saturated rings. The normalized spacial score (nSPS) is 10.6. The summed E-state index contributed by atoms with van der Waals surface area (Å²) in [6.07, 6.45) is 2.51. The number of carboxylic acids is 2. The first-order chi connectivity index (χ1) is 4.59. The molecule has 0 saturated carbocycles. The van der Waals surface area contributed by atoms with E-state index in [9.17, 15) is 9.59 Å². The zero-order valence-electron chi connectivity index (χ0n) is 5.44. The van der Waals surface area contributed by atoms with Crippen LogP contribution in [0.2, 0.25) is 0 Å². The molecule has 0 rings (SSSR count). The lowest BCUT2D eigenvalue weighted by Gasteiger charge is -1.97. The number of allylic oxidation sites excluding steroid dienone is 1. The Morgan fingerprint density at radius 2 is 1.70 bits per heavy atom. The molecule has 0 unspecified atom stereocenters. The second-order valence-corrected chi connectivity index (χ2v) is 1.68. The van der Waals surface area contributed by atoms with Gasteiger partial charge in [-0.3, -0.25) is 9.59 Å². The SMILES string of the molecule is CC=CC(C(=O)O)C(=O)O. The standard InChI is InChI=1S/C6H8O4/c1-2-3-4(5(7)8)6(9)10/h2-4H,1H3,(H,7,8)(H,9,10). The van der Waals surface area contributed by atoms with Crippen LogP contribution in [0.4, 0.5) is 0 Å². The molecule has 0 aromatic heterocycles. The van der Waals surface area contributed by atoms with Crippen molar-refractivity contribution in [3.63, 3.8) is 0 Å². The smallest absolute Gasteiger partial charge is 0.321 e. The van der Waals surface area contributed by atoms with E-state index in [1.54, 1.807) is 6.92 Å². The molecule has 10 heavy (non-hydrogen) atoms. The fourth-order valence-corrected chi connectivity index (χ4v) is 0.463. The highest BCUT2D eigenvalue weighted by atomic mass is 16.4. The van der Waals surface area contributed by atoms with E-state index in [2.05, 4.69) is 0 Å². The van der Waals surface area contributed by atoms with Gasteiger partial charge in [0.15, 0.2) is 5.92 Å². The van der Waals surface area contributed by atoms with Crippen LogP contribution in [0.5, 0.6) is 0 Å². The topological polar surface area (TPSA) is 74.6 Å². The summed E-state index contributed by atoms with van der Waals surface area (Å²) in [6, 6.07) is 0. The Morgan fingerprint density at radius 3 is 1.80 bits per heavy atom. The van der Waals surface area contributed by atoms with Crippen LogP contribution in [0, 0.1) is 5.92 Å². The number of carbonyl (C=O) groups is 2. The number of carboxylic acid groups (broad SMARTS) is 2. The van der Waals surface area contributed by atoms with Gasteiger partial charge < -0.3 is 10.2 Å². The van der Waals surface area contributed by atoms with E-state index < -0.39 is 17.9 Å². The zero-order valence-corrected chi connectivity index (χ0v) is 5.44. The zero-order chi connectivity index (χ0) is 8.15. The van der Waals surface area contributed by atoms with Gasteiger partial charge in [-0.1, -0.05) is 12.2 Å². The summed E-state index contributed by atoms with van der Waals surface area (Å²) in [5.41, 5.74) is 0. The summed E-state index contributed by atoms with van der Waals surface area (Å²) >= 11 is 0. The molecule has 0 aromatic rings. The van der Waals surface area contributed by atoms with E-state index in [4.69, 9.17) is 10.2 Å². The van der Waals surface area contributed by atoms with E-state index in [0.717, 1.165) is 6.08 Å². The van der Waals surface area contributed by atoms with Crippen molar-refractivity contribution in [3.05, 3.63) is 12.2 Å². The quantitative estimate of drug-likeness (QED) is 0.442. The highest BCUT2D eigenvalue weighted by Crippen LogP contribution is 1.98. The molecule has 4 nitrogen and oxygen atoms in total. The van der Waals surface area contributed by atoms with Gasteiger partial charge in [-0.25, -0.2) is 0 Å². The van der Waals surface area contributed by atoms with Crippen molar-refractivity contribution < 1.29 is 19.8 Å². The van der Waals surface area contributed by atoms with Crippen LogP contribution in [-0.4, -0.2) is 22.2 Å². The maximum absolute atomic E-state index is 10.1. The molecule has 0 saturated heterocycles. The summed E-state index contributed by atoms with van der Waals surface area (Å²) in [4.78, 5) is 20.2.